The Morgan fingerprint density at radius 2 is 2.33 bits per heavy atom. The molecule has 1 aliphatic rings. The Kier molecular flexibility index (Phi) is 1.69. The maximum atomic E-state index is 5.28. The first-order valence-electron chi connectivity index (χ1n) is 2.49. The van der Waals surface area contributed by atoms with E-state index in [9.17, 15) is 0 Å². The fourth-order valence-electron chi connectivity index (χ4n) is 0.495. The minimum absolute atomic E-state index is 0.315. The normalized spacial score (nSPS) is 15.3. The molecule has 9 heavy (non-hydrogen) atoms. The van der Waals surface area contributed by atoms with E-state index in [-0.39, 0.29) is 0 Å². The van der Waals surface area contributed by atoms with Gasteiger partial charge in [0.1, 0.15) is 0 Å². The molecule has 0 aliphatic carbocycles. The van der Waals surface area contributed by atoms with Crippen molar-refractivity contribution in [1.29, 1.82) is 0 Å². The highest BCUT2D eigenvalue weighted by Gasteiger charge is 1.98. The third kappa shape index (κ3) is 1.43. The van der Waals surface area contributed by atoms with Gasteiger partial charge < -0.3 is 5.73 Å². The van der Waals surface area contributed by atoms with Crippen molar-refractivity contribution in [2.75, 3.05) is 0 Å². The number of thiocarbonyl (C=S) groups is 1. The van der Waals surface area contributed by atoms with Crippen LogP contribution in [0.4, 0.5) is 0 Å². The van der Waals surface area contributed by atoms with E-state index in [0.29, 0.717) is 5.11 Å². The van der Waals surface area contributed by atoms with Crippen molar-refractivity contribution in [2.45, 2.75) is 0 Å². The maximum absolute atomic E-state index is 5.28. The van der Waals surface area contributed by atoms with Crippen LogP contribution in [0.15, 0.2) is 24.6 Å². The second kappa shape index (κ2) is 2.50. The van der Waals surface area contributed by atoms with Gasteiger partial charge in [-0.15, -0.1) is 0 Å². The zero-order valence-electron chi connectivity index (χ0n) is 4.74. The lowest BCUT2D eigenvalue weighted by Crippen LogP contribution is -2.39. The van der Waals surface area contributed by atoms with Gasteiger partial charge in [-0.1, -0.05) is 0 Å². The summed E-state index contributed by atoms with van der Waals surface area (Å²) in [6.45, 7) is 0. The summed E-state index contributed by atoms with van der Waals surface area (Å²) in [5.74, 6) is 0. The lowest BCUT2D eigenvalue weighted by atomic mass is 10.5. The molecule has 48 valence electrons. The van der Waals surface area contributed by atoms with E-state index in [4.69, 9.17) is 5.73 Å². The summed E-state index contributed by atoms with van der Waals surface area (Å²) < 4.78 is 0. The summed E-state index contributed by atoms with van der Waals surface area (Å²) in [6.07, 6.45) is 7.20. The lowest BCUT2D eigenvalue weighted by Gasteiger charge is -2.18. The molecule has 3 nitrogen and oxygen atoms in total. The molecule has 0 atom stereocenters. The van der Waals surface area contributed by atoms with Gasteiger partial charge in [0.05, 0.1) is 0 Å². The largest absolute Gasteiger partial charge is 0.374 e. The van der Waals surface area contributed by atoms with E-state index < -0.39 is 0 Å². The second-order valence-electron chi connectivity index (χ2n) is 1.54. The lowest BCUT2D eigenvalue weighted by molar-refractivity contribution is 0.478. The fraction of sp³-hybridized carbons (Fsp3) is 0. The van der Waals surface area contributed by atoms with Crippen LogP contribution in [0, 0.1) is 0 Å². The molecule has 1 heterocycles. The molecule has 0 amide bonds. The minimum Gasteiger partial charge on any atom is -0.374 e. The molecule has 0 aromatic carbocycles. The van der Waals surface area contributed by atoms with Crippen molar-refractivity contribution >= 4 is 17.3 Å². The van der Waals surface area contributed by atoms with Crippen molar-refractivity contribution in [2.24, 2.45) is 5.73 Å². The monoisotopic (exact) mass is 141 g/mol. The van der Waals surface area contributed by atoms with Gasteiger partial charge in [0, 0.05) is 12.4 Å². The van der Waals surface area contributed by atoms with E-state index >= 15 is 0 Å². The molecule has 0 aromatic rings. The van der Waals surface area contributed by atoms with Crippen molar-refractivity contribution in [3.63, 3.8) is 0 Å². The molecule has 0 unspecified atom stereocenters. The molecule has 4 heteroatoms. The predicted molar refractivity (Wildman–Crippen MR) is 40.0 cm³/mol. The summed E-state index contributed by atoms with van der Waals surface area (Å²) in [5, 5.41) is 1.87. The number of allylic oxidation sites excluding steroid dienone is 2. The molecule has 3 N–H and O–H groups in total. The molecule has 0 fully saturated rings. The molecule has 0 saturated heterocycles. The molecule has 1 rings (SSSR count). The summed E-state index contributed by atoms with van der Waals surface area (Å²) in [7, 11) is 0. The van der Waals surface area contributed by atoms with Crippen molar-refractivity contribution < 1.29 is 0 Å². The molecule has 0 spiro atoms. The van der Waals surface area contributed by atoms with Crippen LogP contribution in [0.2, 0.25) is 0 Å². The van der Waals surface area contributed by atoms with Crippen LogP contribution in [0.1, 0.15) is 0 Å². The SMILES string of the molecule is NC(=S)N1C=CC=CN1. The number of hydrogen-bond donors (Lipinski definition) is 2. The smallest absolute Gasteiger partial charge is 0.189 e. The number of rotatable bonds is 0. The highest BCUT2D eigenvalue weighted by atomic mass is 32.1. The third-order valence-corrected chi connectivity index (χ3v) is 1.09. The molecular formula is C5H7N3S. The molecule has 0 aromatic heterocycles. The zero-order valence-corrected chi connectivity index (χ0v) is 5.56. The second-order valence-corrected chi connectivity index (χ2v) is 1.96. The molecule has 1 aliphatic heterocycles. The van der Waals surface area contributed by atoms with E-state index in [2.05, 4.69) is 17.6 Å². The van der Waals surface area contributed by atoms with E-state index in [0.717, 1.165) is 0 Å². The maximum Gasteiger partial charge on any atom is 0.189 e. The van der Waals surface area contributed by atoms with E-state index in [1.54, 1.807) is 17.4 Å². The van der Waals surface area contributed by atoms with Crippen LogP contribution in [0.3, 0.4) is 0 Å². The standard InChI is InChI=1S/C5H7N3S/c6-5(9)8-4-2-1-3-7-8/h1-4,7H,(H2,6,9). The Labute approximate surface area is 58.8 Å². The molecular weight excluding hydrogens is 134 g/mol. The van der Waals surface area contributed by atoms with Gasteiger partial charge in [0.15, 0.2) is 5.11 Å². The fourth-order valence-corrected chi connectivity index (χ4v) is 0.608. The number of nitrogens with two attached hydrogens (primary N) is 1. The topological polar surface area (TPSA) is 41.3 Å². The zero-order chi connectivity index (χ0) is 6.69. The van der Waals surface area contributed by atoms with E-state index in [1.807, 2.05) is 12.2 Å². The first kappa shape index (κ1) is 6.10. The van der Waals surface area contributed by atoms with E-state index in [1.165, 1.54) is 0 Å². The van der Waals surface area contributed by atoms with Gasteiger partial charge in [-0.3, -0.25) is 5.43 Å². The average molecular weight is 141 g/mol. The summed E-state index contributed by atoms with van der Waals surface area (Å²) in [5.41, 5.74) is 8.10. The van der Waals surface area contributed by atoms with Gasteiger partial charge in [-0.2, -0.15) is 0 Å². The number of hydrazine groups is 1. The highest BCUT2D eigenvalue weighted by Crippen LogP contribution is 1.90. The van der Waals surface area contributed by atoms with Crippen LogP contribution >= 0.6 is 12.2 Å². The minimum atomic E-state index is 0.315. The number of nitrogens with one attached hydrogen (secondary N) is 1. The summed E-state index contributed by atoms with van der Waals surface area (Å²) in [6, 6.07) is 0. The molecule has 0 bridgehead atoms. The quantitative estimate of drug-likeness (QED) is 0.469. The van der Waals surface area contributed by atoms with Crippen LogP contribution in [-0.2, 0) is 0 Å². The van der Waals surface area contributed by atoms with Crippen LogP contribution in [0.5, 0.6) is 0 Å². The molecule has 0 radical (unpaired) electrons. The van der Waals surface area contributed by atoms with Gasteiger partial charge >= 0.3 is 0 Å². The number of hydrogen-bond acceptors (Lipinski definition) is 2. The van der Waals surface area contributed by atoms with Gasteiger partial charge in [-0.05, 0) is 24.4 Å². The first-order valence-corrected chi connectivity index (χ1v) is 2.90. The third-order valence-electron chi connectivity index (χ3n) is 0.894. The van der Waals surface area contributed by atoms with Gasteiger partial charge in [0.25, 0.3) is 0 Å². The number of nitrogens with zero attached hydrogens (tertiary/aromatic N) is 1. The Bertz CT molecular complexity index is 173. The van der Waals surface area contributed by atoms with Crippen LogP contribution < -0.4 is 11.2 Å². The Hall–Kier alpha value is -1.03. The predicted octanol–water partition coefficient (Wildman–Crippen LogP) is 0.0776. The Morgan fingerprint density at radius 3 is 2.67 bits per heavy atom. The van der Waals surface area contributed by atoms with Crippen molar-refractivity contribution in [3.05, 3.63) is 24.6 Å². The van der Waals surface area contributed by atoms with Gasteiger partial charge in [-0.25, -0.2) is 5.01 Å². The summed E-state index contributed by atoms with van der Waals surface area (Å²) >= 11 is 4.67. The molecule has 0 saturated carbocycles. The average Bonchev–Trinajstić information content (AvgIpc) is 1.90. The van der Waals surface area contributed by atoms with Crippen LogP contribution in [0.25, 0.3) is 0 Å². The summed E-state index contributed by atoms with van der Waals surface area (Å²) in [4.78, 5) is 0. The van der Waals surface area contributed by atoms with Gasteiger partial charge in [0.2, 0.25) is 0 Å². The van der Waals surface area contributed by atoms with Crippen LogP contribution in [-0.4, -0.2) is 10.1 Å². The van der Waals surface area contributed by atoms with Crippen molar-refractivity contribution in [1.82, 2.24) is 10.4 Å². The highest BCUT2D eigenvalue weighted by molar-refractivity contribution is 7.80. The van der Waals surface area contributed by atoms with Crippen molar-refractivity contribution in [3.8, 4) is 0 Å². The Balaban J connectivity index is 2.56. The Morgan fingerprint density at radius 1 is 1.56 bits per heavy atom. The first-order chi connectivity index (χ1) is 4.30.